The molecule has 1 N–H and O–H groups in total. The molecule has 1 aromatic rings. The second-order valence-corrected chi connectivity index (χ2v) is 4.72. The Labute approximate surface area is 99.0 Å². The van der Waals surface area contributed by atoms with E-state index in [0.29, 0.717) is 0 Å². The van der Waals surface area contributed by atoms with Crippen molar-refractivity contribution in [2.24, 2.45) is 0 Å². The molecule has 0 aliphatic rings. The molecule has 0 bridgehead atoms. The Bertz CT molecular complexity index is 320. The molecular formula is C14H23NO. The van der Waals surface area contributed by atoms with Crippen molar-refractivity contribution in [1.82, 2.24) is 5.32 Å². The van der Waals surface area contributed by atoms with E-state index in [4.69, 9.17) is 4.74 Å². The van der Waals surface area contributed by atoms with Crippen molar-refractivity contribution in [3.05, 3.63) is 35.4 Å². The molecular weight excluding hydrogens is 198 g/mol. The van der Waals surface area contributed by atoms with E-state index in [1.165, 1.54) is 11.1 Å². The fraction of sp³-hybridized carbons (Fsp3) is 0.571. The average Bonchev–Trinajstić information content (AvgIpc) is 2.20. The summed E-state index contributed by atoms with van der Waals surface area (Å²) < 4.78 is 5.64. The molecule has 0 atom stereocenters. The number of nitrogens with one attached hydrogen (secondary N) is 1. The molecule has 0 unspecified atom stereocenters. The number of ether oxygens (including phenoxy) is 1. The van der Waals surface area contributed by atoms with Crippen molar-refractivity contribution in [1.29, 1.82) is 0 Å². The van der Waals surface area contributed by atoms with Crippen LogP contribution in [-0.4, -0.2) is 18.8 Å². The van der Waals surface area contributed by atoms with Crippen LogP contribution >= 0.6 is 0 Å². The van der Waals surface area contributed by atoms with Gasteiger partial charge in [-0.3, -0.25) is 0 Å². The van der Waals surface area contributed by atoms with Crippen molar-refractivity contribution in [2.75, 3.05) is 13.2 Å². The van der Waals surface area contributed by atoms with Crippen LogP contribution in [0.1, 0.15) is 31.9 Å². The summed E-state index contributed by atoms with van der Waals surface area (Å²) in [5.74, 6) is 0. The summed E-state index contributed by atoms with van der Waals surface area (Å²) >= 11 is 0. The summed E-state index contributed by atoms with van der Waals surface area (Å²) in [5, 5.41) is 3.44. The number of aryl methyl sites for hydroxylation is 1. The highest BCUT2D eigenvalue weighted by molar-refractivity contribution is 5.25. The Morgan fingerprint density at radius 2 is 1.94 bits per heavy atom. The van der Waals surface area contributed by atoms with Crippen LogP contribution in [-0.2, 0) is 11.3 Å². The molecule has 0 aromatic heterocycles. The third-order valence-electron chi connectivity index (χ3n) is 2.66. The molecule has 1 aromatic carbocycles. The zero-order valence-electron chi connectivity index (χ0n) is 10.8. The molecule has 2 nitrogen and oxygen atoms in total. The maximum Gasteiger partial charge on any atom is 0.0750 e. The van der Waals surface area contributed by atoms with Gasteiger partial charge < -0.3 is 10.1 Å². The van der Waals surface area contributed by atoms with Crippen LogP contribution in [0.2, 0.25) is 0 Å². The first kappa shape index (κ1) is 13.2. The van der Waals surface area contributed by atoms with Gasteiger partial charge in [-0.25, -0.2) is 0 Å². The molecule has 0 aliphatic carbocycles. The van der Waals surface area contributed by atoms with E-state index in [0.717, 1.165) is 19.7 Å². The maximum absolute atomic E-state index is 5.64. The lowest BCUT2D eigenvalue weighted by molar-refractivity contribution is -0.00898. The zero-order chi connectivity index (χ0) is 12.0. The zero-order valence-corrected chi connectivity index (χ0v) is 10.8. The minimum Gasteiger partial charge on any atom is -0.375 e. The van der Waals surface area contributed by atoms with Crippen molar-refractivity contribution in [2.45, 2.75) is 39.8 Å². The van der Waals surface area contributed by atoms with Crippen molar-refractivity contribution in [3.63, 3.8) is 0 Å². The van der Waals surface area contributed by atoms with E-state index in [2.05, 4.69) is 50.4 Å². The van der Waals surface area contributed by atoms with Gasteiger partial charge in [-0.05, 0) is 38.8 Å². The van der Waals surface area contributed by atoms with Crippen LogP contribution in [0, 0.1) is 6.92 Å². The predicted molar refractivity (Wildman–Crippen MR) is 68.6 cm³/mol. The minimum absolute atomic E-state index is 0.0859. The van der Waals surface area contributed by atoms with Crippen LogP contribution in [0.4, 0.5) is 0 Å². The molecule has 0 amide bonds. The summed E-state index contributed by atoms with van der Waals surface area (Å²) in [6.45, 7) is 10.9. The summed E-state index contributed by atoms with van der Waals surface area (Å²) in [4.78, 5) is 0. The van der Waals surface area contributed by atoms with Gasteiger partial charge >= 0.3 is 0 Å². The van der Waals surface area contributed by atoms with Gasteiger partial charge in [-0.2, -0.15) is 0 Å². The first-order valence-electron chi connectivity index (χ1n) is 5.94. The Kier molecular flexibility index (Phi) is 4.97. The van der Waals surface area contributed by atoms with Gasteiger partial charge in [0.05, 0.1) is 5.60 Å². The van der Waals surface area contributed by atoms with Crippen LogP contribution in [0.3, 0.4) is 0 Å². The molecule has 0 saturated carbocycles. The van der Waals surface area contributed by atoms with E-state index < -0.39 is 0 Å². The Balaban J connectivity index is 2.39. The molecule has 90 valence electrons. The van der Waals surface area contributed by atoms with Crippen molar-refractivity contribution in [3.8, 4) is 0 Å². The Morgan fingerprint density at radius 1 is 1.25 bits per heavy atom. The Morgan fingerprint density at radius 3 is 2.56 bits per heavy atom. The van der Waals surface area contributed by atoms with Gasteiger partial charge in [0, 0.05) is 19.7 Å². The lowest BCUT2D eigenvalue weighted by Crippen LogP contribution is -2.37. The second kappa shape index (κ2) is 6.02. The van der Waals surface area contributed by atoms with Gasteiger partial charge in [0.15, 0.2) is 0 Å². The number of hydrogen-bond donors (Lipinski definition) is 1. The molecule has 0 heterocycles. The molecule has 0 spiro atoms. The van der Waals surface area contributed by atoms with Crippen molar-refractivity contribution < 1.29 is 4.74 Å². The Hall–Kier alpha value is -0.860. The molecule has 0 saturated heterocycles. The standard InChI is InChI=1S/C14H23NO/c1-5-16-14(3,4)11-15-10-13-9-7-6-8-12(13)2/h6-9,15H,5,10-11H2,1-4H3. The van der Waals surface area contributed by atoms with E-state index in [1.807, 2.05) is 6.92 Å². The third-order valence-corrected chi connectivity index (χ3v) is 2.66. The van der Waals surface area contributed by atoms with E-state index in [1.54, 1.807) is 0 Å². The minimum atomic E-state index is -0.0859. The molecule has 1 rings (SSSR count). The van der Waals surface area contributed by atoms with E-state index in [9.17, 15) is 0 Å². The monoisotopic (exact) mass is 221 g/mol. The molecule has 16 heavy (non-hydrogen) atoms. The summed E-state index contributed by atoms with van der Waals surface area (Å²) in [7, 11) is 0. The summed E-state index contributed by atoms with van der Waals surface area (Å²) in [6, 6.07) is 8.46. The number of benzene rings is 1. The summed E-state index contributed by atoms with van der Waals surface area (Å²) in [6.07, 6.45) is 0. The topological polar surface area (TPSA) is 21.3 Å². The highest BCUT2D eigenvalue weighted by Gasteiger charge is 2.16. The lowest BCUT2D eigenvalue weighted by atomic mass is 10.1. The predicted octanol–water partition coefficient (Wildman–Crippen LogP) is 2.90. The molecule has 0 fully saturated rings. The summed E-state index contributed by atoms with van der Waals surface area (Å²) in [5.41, 5.74) is 2.61. The van der Waals surface area contributed by atoms with Gasteiger partial charge in [0.1, 0.15) is 0 Å². The molecule has 0 radical (unpaired) electrons. The fourth-order valence-corrected chi connectivity index (χ4v) is 1.75. The van der Waals surface area contributed by atoms with E-state index >= 15 is 0 Å². The maximum atomic E-state index is 5.64. The number of rotatable bonds is 6. The molecule has 2 heteroatoms. The van der Waals surface area contributed by atoms with Gasteiger partial charge in [0.25, 0.3) is 0 Å². The third kappa shape index (κ3) is 4.33. The van der Waals surface area contributed by atoms with Crippen LogP contribution in [0.25, 0.3) is 0 Å². The SMILES string of the molecule is CCOC(C)(C)CNCc1ccccc1C. The van der Waals surface area contributed by atoms with Gasteiger partial charge in [-0.1, -0.05) is 24.3 Å². The number of hydrogen-bond acceptors (Lipinski definition) is 2. The van der Waals surface area contributed by atoms with Crippen LogP contribution in [0.5, 0.6) is 0 Å². The smallest absolute Gasteiger partial charge is 0.0750 e. The highest BCUT2D eigenvalue weighted by atomic mass is 16.5. The van der Waals surface area contributed by atoms with Crippen LogP contribution in [0.15, 0.2) is 24.3 Å². The van der Waals surface area contributed by atoms with Crippen LogP contribution < -0.4 is 5.32 Å². The fourth-order valence-electron chi connectivity index (χ4n) is 1.75. The largest absolute Gasteiger partial charge is 0.375 e. The highest BCUT2D eigenvalue weighted by Crippen LogP contribution is 2.09. The van der Waals surface area contributed by atoms with Crippen molar-refractivity contribution >= 4 is 0 Å². The lowest BCUT2D eigenvalue weighted by Gasteiger charge is -2.25. The first-order chi connectivity index (χ1) is 7.55. The first-order valence-corrected chi connectivity index (χ1v) is 5.94. The van der Waals surface area contributed by atoms with E-state index in [-0.39, 0.29) is 5.60 Å². The molecule has 0 aliphatic heterocycles. The van der Waals surface area contributed by atoms with Gasteiger partial charge in [-0.15, -0.1) is 0 Å². The quantitative estimate of drug-likeness (QED) is 0.797. The normalized spacial score (nSPS) is 11.8. The average molecular weight is 221 g/mol. The van der Waals surface area contributed by atoms with Gasteiger partial charge in [0.2, 0.25) is 0 Å². The second-order valence-electron chi connectivity index (χ2n) is 4.72.